The first-order valence-corrected chi connectivity index (χ1v) is 7.87. The van der Waals surface area contributed by atoms with E-state index in [4.69, 9.17) is 0 Å². The lowest BCUT2D eigenvalue weighted by atomic mass is 9.89. The molecular formula is C17H22FN5O2. The van der Waals surface area contributed by atoms with Gasteiger partial charge < -0.3 is 10.4 Å². The molecule has 1 aromatic heterocycles. The first kappa shape index (κ1) is 18.7. The van der Waals surface area contributed by atoms with Crippen LogP contribution in [0.3, 0.4) is 0 Å². The summed E-state index contributed by atoms with van der Waals surface area (Å²) in [7, 11) is 0. The Hall–Kier alpha value is -2.61. The zero-order chi connectivity index (χ0) is 18.6. The summed E-state index contributed by atoms with van der Waals surface area (Å²) in [4.78, 5) is 12.6. The van der Waals surface area contributed by atoms with Gasteiger partial charge in [-0.3, -0.25) is 4.79 Å². The molecule has 134 valence electrons. The summed E-state index contributed by atoms with van der Waals surface area (Å²) in [5.74, 6) is -0.377. The minimum Gasteiger partial charge on any atom is -0.391 e. The number of halogens is 1. The molecule has 0 saturated heterocycles. The Labute approximate surface area is 145 Å². The fraction of sp³-hybridized carbons (Fsp3) is 0.412. The summed E-state index contributed by atoms with van der Waals surface area (Å²) < 4.78 is 14.4. The Morgan fingerprint density at radius 1 is 1.36 bits per heavy atom. The van der Waals surface area contributed by atoms with Crippen molar-refractivity contribution in [1.82, 2.24) is 25.5 Å². The lowest BCUT2D eigenvalue weighted by Crippen LogP contribution is -2.40. The molecular weight excluding hydrogens is 325 g/mol. The number of rotatable bonds is 5. The fourth-order valence-electron chi connectivity index (χ4n) is 1.98. The van der Waals surface area contributed by atoms with E-state index in [1.165, 1.54) is 16.8 Å². The van der Waals surface area contributed by atoms with E-state index in [1.807, 2.05) is 20.8 Å². The zero-order valence-electron chi connectivity index (χ0n) is 14.7. The Bertz CT molecular complexity index is 762. The standard InChI is InChI=1S/C17H22FN5O2/c1-11-20-21-22-23(11)14(9-12-5-7-13(18)8-6-12)16(25)19-10-15(24)17(2,3)4/h5-9,15,24H,10H2,1-4H3,(H,19,25)/b14-9+. The number of aliphatic hydroxyl groups excluding tert-OH is 1. The van der Waals surface area contributed by atoms with E-state index < -0.39 is 12.0 Å². The van der Waals surface area contributed by atoms with Crippen LogP contribution in [-0.4, -0.2) is 43.9 Å². The number of nitrogens with zero attached hydrogens (tertiary/aromatic N) is 4. The van der Waals surface area contributed by atoms with Crippen molar-refractivity contribution in [2.45, 2.75) is 33.8 Å². The molecule has 2 N–H and O–H groups in total. The predicted molar refractivity (Wildman–Crippen MR) is 91.6 cm³/mol. The second-order valence-corrected chi connectivity index (χ2v) is 6.81. The molecule has 1 aromatic carbocycles. The van der Waals surface area contributed by atoms with Gasteiger partial charge in [-0.15, -0.1) is 5.10 Å². The van der Waals surface area contributed by atoms with Crippen LogP contribution >= 0.6 is 0 Å². The van der Waals surface area contributed by atoms with E-state index in [9.17, 15) is 14.3 Å². The molecule has 0 aliphatic carbocycles. The first-order valence-electron chi connectivity index (χ1n) is 7.87. The van der Waals surface area contributed by atoms with Crippen LogP contribution in [0.25, 0.3) is 11.8 Å². The van der Waals surface area contributed by atoms with Gasteiger partial charge in [0.05, 0.1) is 6.10 Å². The Kier molecular flexibility index (Phi) is 5.63. The molecule has 2 aromatic rings. The number of nitrogens with one attached hydrogen (secondary N) is 1. The molecule has 1 atom stereocenters. The lowest BCUT2D eigenvalue weighted by Gasteiger charge is -2.26. The number of carbonyl (C=O) groups excluding carboxylic acids is 1. The third-order valence-corrected chi connectivity index (χ3v) is 3.72. The van der Waals surface area contributed by atoms with Gasteiger partial charge >= 0.3 is 0 Å². The van der Waals surface area contributed by atoms with Crippen molar-refractivity contribution in [3.8, 4) is 0 Å². The second kappa shape index (κ2) is 7.52. The van der Waals surface area contributed by atoms with Gasteiger partial charge in [0.2, 0.25) is 0 Å². The summed E-state index contributed by atoms with van der Waals surface area (Å²) in [6.45, 7) is 7.39. The van der Waals surface area contributed by atoms with Gasteiger partial charge in [-0.25, -0.2) is 4.39 Å². The number of aryl methyl sites for hydroxylation is 1. The number of hydrogen-bond acceptors (Lipinski definition) is 5. The summed E-state index contributed by atoms with van der Waals surface area (Å²) in [6, 6.07) is 5.70. The zero-order valence-corrected chi connectivity index (χ0v) is 14.7. The summed E-state index contributed by atoms with van der Waals surface area (Å²) in [5.41, 5.74) is 0.437. The molecule has 0 bridgehead atoms. The van der Waals surface area contributed by atoms with E-state index in [0.717, 1.165) is 0 Å². The number of carbonyl (C=O) groups is 1. The molecule has 0 aliphatic heterocycles. The topological polar surface area (TPSA) is 92.9 Å². The van der Waals surface area contributed by atoms with E-state index in [0.29, 0.717) is 11.4 Å². The number of benzene rings is 1. The van der Waals surface area contributed by atoms with Crippen LogP contribution in [0.2, 0.25) is 0 Å². The molecule has 0 radical (unpaired) electrons. The maximum Gasteiger partial charge on any atom is 0.270 e. The predicted octanol–water partition coefficient (Wildman–Crippen LogP) is 1.64. The van der Waals surface area contributed by atoms with Crippen molar-refractivity contribution in [2.24, 2.45) is 5.41 Å². The number of aromatic nitrogens is 4. The summed E-state index contributed by atoms with van der Waals surface area (Å²) in [5, 5.41) is 23.9. The lowest BCUT2D eigenvalue weighted by molar-refractivity contribution is -0.116. The highest BCUT2D eigenvalue weighted by molar-refractivity contribution is 6.18. The van der Waals surface area contributed by atoms with Crippen LogP contribution in [0.1, 0.15) is 32.2 Å². The van der Waals surface area contributed by atoms with E-state index in [-0.39, 0.29) is 23.5 Å². The molecule has 0 fully saturated rings. The van der Waals surface area contributed by atoms with E-state index >= 15 is 0 Å². The van der Waals surface area contributed by atoms with Crippen molar-refractivity contribution in [1.29, 1.82) is 0 Å². The average Bonchev–Trinajstić information content (AvgIpc) is 2.96. The maximum atomic E-state index is 13.1. The van der Waals surface area contributed by atoms with Crippen LogP contribution in [0, 0.1) is 18.2 Å². The minimum absolute atomic E-state index is 0.0876. The van der Waals surface area contributed by atoms with Crippen molar-refractivity contribution >= 4 is 17.7 Å². The molecule has 0 saturated carbocycles. The van der Waals surface area contributed by atoms with Gasteiger partial charge in [0.25, 0.3) is 5.91 Å². The van der Waals surface area contributed by atoms with Crippen LogP contribution < -0.4 is 5.32 Å². The smallest absolute Gasteiger partial charge is 0.270 e. The Morgan fingerprint density at radius 2 is 2.00 bits per heavy atom. The SMILES string of the molecule is Cc1nnnn1/C(=C/c1ccc(F)cc1)C(=O)NCC(O)C(C)(C)C. The number of tetrazole rings is 1. The summed E-state index contributed by atoms with van der Waals surface area (Å²) in [6.07, 6.45) is 0.847. The average molecular weight is 347 g/mol. The van der Waals surface area contributed by atoms with Gasteiger partial charge in [0.15, 0.2) is 5.82 Å². The van der Waals surface area contributed by atoms with Crippen LogP contribution in [0.4, 0.5) is 4.39 Å². The third-order valence-electron chi connectivity index (χ3n) is 3.72. The summed E-state index contributed by atoms with van der Waals surface area (Å²) >= 11 is 0. The molecule has 2 rings (SSSR count). The van der Waals surface area contributed by atoms with Crippen LogP contribution in [0.15, 0.2) is 24.3 Å². The van der Waals surface area contributed by atoms with Crippen molar-refractivity contribution in [3.05, 3.63) is 41.5 Å². The normalized spacial score (nSPS) is 13.6. The fourth-order valence-corrected chi connectivity index (χ4v) is 1.98. The first-order chi connectivity index (χ1) is 11.7. The van der Waals surface area contributed by atoms with Crippen LogP contribution in [-0.2, 0) is 4.79 Å². The highest BCUT2D eigenvalue weighted by Gasteiger charge is 2.24. The molecule has 1 amide bonds. The highest BCUT2D eigenvalue weighted by Crippen LogP contribution is 2.19. The molecule has 25 heavy (non-hydrogen) atoms. The maximum absolute atomic E-state index is 13.1. The quantitative estimate of drug-likeness (QED) is 0.802. The van der Waals surface area contributed by atoms with Gasteiger partial charge in [0.1, 0.15) is 11.5 Å². The number of amides is 1. The molecule has 7 nitrogen and oxygen atoms in total. The molecule has 8 heteroatoms. The largest absolute Gasteiger partial charge is 0.391 e. The Balaban J connectivity index is 2.28. The van der Waals surface area contributed by atoms with Gasteiger partial charge in [-0.05, 0) is 46.5 Å². The van der Waals surface area contributed by atoms with Crippen LogP contribution in [0.5, 0.6) is 0 Å². The molecule has 0 aliphatic rings. The number of aliphatic hydroxyl groups is 1. The van der Waals surface area contributed by atoms with E-state index in [2.05, 4.69) is 20.8 Å². The highest BCUT2D eigenvalue weighted by atomic mass is 19.1. The Morgan fingerprint density at radius 3 is 2.52 bits per heavy atom. The minimum atomic E-state index is -0.710. The number of hydrogen-bond donors (Lipinski definition) is 2. The van der Waals surface area contributed by atoms with Gasteiger partial charge in [-0.1, -0.05) is 32.9 Å². The molecule has 1 unspecified atom stereocenters. The monoisotopic (exact) mass is 347 g/mol. The molecule has 1 heterocycles. The second-order valence-electron chi connectivity index (χ2n) is 6.81. The van der Waals surface area contributed by atoms with Gasteiger partial charge in [0, 0.05) is 6.54 Å². The van der Waals surface area contributed by atoms with Gasteiger partial charge in [-0.2, -0.15) is 4.68 Å². The van der Waals surface area contributed by atoms with Crippen molar-refractivity contribution in [2.75, 3.05) is 6.54 Å². The van der Waals surface area contributed by atoms with E-state index in [1.54, 1.807) is 25.1 Å². The van der Waals surface area contributed by atoms with Crippen molar-refractivity contribution in [3.63, 3.8) is 0 Å². The third kappa shape index (κ3) is 4.93. The molecule has 0 spiro atoms. The van der Waals surface area contributed by atoms with Crippen molar-refractivity contribution < 1.29 is 14.3 Å².